The highest BCUT2D eigenvalue weighted by Crippen LogP contribution is 2.20. The van der Waals surface area contributed by atoms with Crippen LogP contribution < -0.4 is 9.64 Å². The monoisotopic (exact) mass is 392 g/mol. The van der Waals surface area contributed by atoms with Gasteiger partial charge in [-0.2, -0.15) is 0 Å². The summed E-state index contributed by atoms with van der Waals surface area (Å²) < 4.78 is 31.7. The molecule has 0 saturated carbocycles. The highest BCUT2D eigenvalue weighted by Gasteiger charge is 2.27. The third-order valence-corrected chi connectivity index (χ3v) is 4.41. The van der Waals surface area contributed by atoms with E-state index in [0.717, 1.165) is 12.1 Å². The van der Waals surface area contributed by atoms with Gasteiger partial charge in [0.05, 0.1) is 4.92 Å². The standard InChI is InChI=1S/C18H18F2N4O4/c1-12(28-14-3-4-15(19)16(20)10-14)18(25)23-8-6-22(7-9-23)17-5-2-13(11-21-17)24(26)27/h2-5,10-12H,6-9H2,1H3. The van der Waals surface area contributed by atoms with Crippen molar-refractivity contribution in [1.29, 1.82) is 0 Å². The molecule has 1 aliphatic heterocycles. The minimum atomic E-state index is -1.04. The molecule has 1 aromatic carbocycles. The zero-order valence-electron chi connectivity index (χ0n) is 15.0. The molecular weight excluding hydrogens is 374 g/mol. The predicted molar refractivity (Wildman–Crippen MR) is 96.1 cm³/mol. The van der Waals surface area contributed by atoms with E-state index in [4.69, 9.17) is 4.74 Å². The molecule has 1 saturated heterocycles. The Kier molecular flexibility index (Phi) is 5.67. The average Bonchev–Trinajstić information content (AvgIpc) is 2.70. The molecule has 1 amide bonds. The van der Waals surface area contributed by atoms with Gasteiger partial charge in [0.25, 0.3) is 11.6 Å². The number of hydrogen-bond donors (Lipinski definition) is 0. The molecule has 2 aromatic rings. The van der Waals surface area contributed by atoms with E-state index in [1.165, 1.54) is 18.3 Å². The Hall–Kier alpha value is -3.30. The summed E-state index contributed by atoms with van der Waals surface area (Å²) in [5.74, 6) is -1.61. The van der Waals surface area contributed by atoms with E-state index in [-0.39, 0.29) is 17.3 Å². The Bertz CT molecular complexity index is 870. The van der Waals surface area contributed by atoms with Crippen molar-refractivity contribution in [1.82, 2.24) is 9.88 Å². The number of amides is 1. The fourth-order valence-electron chi connectivity index (χ4n) is 2.89. The van der Waals surface area contributed by atoms with Crippen molar-refractivity contribution in [2.75, 3.05) is 31.1 Å². The SMILES string of the molecule is CC(Oc1ccc(F)c(F)c1)C(=O)N1CCN(c2ccc([N+](=O)[O-])cn2)CC1. The molecule has 0 aliphatic carbocycles. The van der Waals surface area contributed by atoms with Gasteiger partial charge in [-0.3, -0.25) is 14.9 Å². The van der Waals surface area contributed by atoms with Crippen LogP contribution in [0.25, 0.3) is 0 Å². The number of pyridine rings is 1. The summed E-state index contributed by atoms with van der Waals surface area (Å²) in [6, 6.07) is 6.07. The number of ether oxygens (including phenoxy) is 1. The van der Waals surface area contributed by atoms with E-state index in [9.17, 15) is 23.7 Å². The van der Waals surface area contributed by atoms with Gasteiger partial charge in [0.15, 0.2) is 17.7 Å². The summed E-state index contributed by atoms with van der Waals surface area (Å²) in [6.07, 6.45) is 0.346. The van der Waals surface area contributed by atoms with Crippen LogP contribution in [0.15, 0.2) is 36.5 Å². The summed E-state index contributed by atoms with van der Waals surface area (Å²) in [4.78, 5) is 30.4. The topological polar surface area (TPSA) is 88.8 Å². The fraction of sp³-hybridized carbons (Fsp3) is 0.333. The second kappa shape index (κ2) is 8.15. The van der Waals surface area contributed by atoms with Crippen molar-refractivity contribution in [2.45, 2.75) is 13.0 Å². The lowest BCUT2D eigenvalue weighted by Crippen LogP contribution is -2.52. The molecule has 0 N–H and O–H groups in total. The average molecular weight is 392 g/mol. The molecule has 1 fully saturated rings. The van der Waals surface area contributed by atoms with Crippen molar-refractivity contribution < 1.29 is 23.2 Å². The number of hydrogen-bond acceptors (Lipinski definition) is 6. The van der Waals surface area contributed by atoms with Crippen molar-refractivity contribution in [3.05, 3.63) is 58.3 Å². The first-order chi connectivity index (χ1) is 13.3. The molecule has 3 rings (SSSR count). The van der Waals surface area contributed by atoms with Crippen LogP contribution in [0.5, 0.6) is 5.75 Å². The lowest BCUT2D eigenvalue weighted by molar-refractivity contribution is -0.385. The minimum Gasteiger partial charge on any atom is -0.481 e. The quantitative estimate of drug-likeness (QED) is 0.573. The second-order valence-corrected chi connectivity index (χ2v) is 6.28. The van der Waals surface area contributed by atoms with E-state index < -0.39 is 22.7 Å². The number of benzene rings is 1. The molecule has 10 heteroatoms. The molecule has 28 heavy (non-hydrogen) atoms. The van der Waals surface area contributed by atoms with Gasteiger partial charge in [-0.25, -0.2) is 13.8 Å². The third kappa shape index (κ3) is 4.33. The van der Waals surface area contributed by atoms with Gasteiger partial charge in [0.1, 0.15) is 17.8 Å². The molecule has 8 nitrogen and oxygen atoms in total. The van der Waals surface area contributed by atoms with Gasteiger partial charge in [-0.15, -0.1) is 0 Å². The molecule has 1 aliphatic rings. The molecule has 2 heterocycles. The Morgan fingerprint density at radius 1 is 1.18 bits per heavy atom. The number of nitro groups is 1. The summed E-state index contributed by atoms with van der Waals surface area (Å²) >= 11 is 0. The van der Waals surface area contributed by atoms with Crippen LogP contribution in [0.1, 0.15) is 6.92 Å². The van der Waals surface area contributed by atoms with Gasteiger partial charge in [0.2, 0.25) is 0 Å². The van der Waals surface area contributed by atoms with Crippen molar-refractivity contribution in [3.8, 4) is 5.75 Å². The van der Waals surface area contributed by atoms with E-state index in [0.29, 0.717) is 32.0 Å². The minimum absolute atomic E-state index is 0.0773. The summed E-state index contributed by atoms with van der Waals surface area (Å²) in [6.45, 7) is 3.41. The predicted octanol–water partition coefficient (Wildman–Crippen LogP) is 2.38. The van der Waals surface area contributed by atoms with Gasteiger partial charge >= 0.3 is 0 Å². The number of nitrogens with zero attached hydrogens (tertiary/aromatic N) is 4. The summed E-state index contributed by atoms with van der Waals surface area (Å²) in [5.41, 5.74) is -0.0826. The van der Waals surface area contributed by atoms with Crippen LogP contribution >= 0.6 is 0 Å². The van der Waals surface area contributed by atoms with E-state index in [1.54, 1.807) is 17.9 Å². The smallest absolute Gasteiger partial charge is 0.287 e. The van der Waals surface area contributed by atoms with Gasteiger partial charge in [-0.1, -0.05) is 0 Å². The molecule has 148 valence electrons. The maximum absolute atomic E-state index is 13.3. The van der Waals surface area contributed by atoms with Gasteiger partial charge < -0.3 is 14.5 Å². The lowest BCUT2D eigenvalue weighted by Gasteiger charge is -2.36. The Labute approximate surface area is 159 Å². The Morgan fingerprint density at radius 2 is 1.89 bits per heavy atom. The van der Waals surface area contributed by atoms with E-state index in [2.05, 4.69) is 4.98 Å². The molecule has 0 radical (unpaired) electrons. The van der Waals surface area contributed by atoms with E-state index in [1.807, 2.05) is 4.90 Å². The number of anilines is 1. The van der Waals surface area contributed by atoms with Gasteiger partial charge in [0, 0.05) is 38.3 Å². The van der Waals surface area contributed by atoms with Crippen LogP contribution in [0.3, 0.4) is 0 Å². The summed E-state index contributed by atoms with van der Waals surface area (Å²) in [5, 5.41) is 10.7. The van der Waals surface area contributed by atoms with Crippen molar-refractivity contribution in [3.63, 3.8) is 0 Å². The van der Waals surface area contributed by atoms with E-state index >= 15 is 0 Å². The van der Waals surface area contributed by atoms with Crippen LogP contribution in [0, 0.1) is 21.7 Å². The zero-order valence-corrected chi connectivity index (χ0v) is 15.0. The van der Waals surface area contributed by atoms with Crippen LogP contribution in [-0.2, 0) is 4.79 Å². The first-order valence-corrected chi connectivity index (χ1v) is 8.61. The number of aromatic nitrogens is 1. The maximum atomic E-state index is 13.3. The number of carbonyl (C=O) groups is 1. The molecule has 1 unspecified atom stereocenters. The van der Waals surface area contributed by atoms with Gasteiger partial charge in [-0.05, 0) is 25.1 Å². The highest BCUT2D eigenvalue weighted by atomic mass is 19.2. The number of carbonyl (C=O) groups excluding carboxylic acids is 1. The Balaban J connectivity index is 1.55. The highest BCUT2D eigenvalue weighted by molar-refractivity contribution is 5.81. The summed E-state index contributed by atoms with van der Waals surface area (Å²) in [7, 11) is 0. The maximum Gasteiger partial charge on any atom is 0.287 e. The normalized spacial score (nSPS) is 15.2. The Morgan fingerprint density at radius 3 is 2.46 bits per heavy atom. The lowest BCUT2D eigenvalue weighted by atomic mass is 10.2. The fourth-order valence-corrected chi connectivity index (χ4v) is 2.89. The van der Waals surface area contributed by atoms with Crippen LogP contribution in [0.2, 0.25) is 0 Å². The number of halogens is 2. The second-order valence-electron chi connectivity index (χ2n) is 6.28. The molecule has 1 aromatic heterocycles. The van der Waals surface area contributed by atoms with Crippen LogP contribution in [-0.4, -0.2) is 53.0 Å². The largest absolute Gasteiger partial charge is 0.481 e. The molecule has 0 spiro atoms. The number of rotatable bonds is 5. The number of piperazine rings is 1. The first-order valence-electron chi connectivity index (χ1n) is 8.61. The first kappa shape index (κ1) is 19.5. The third-order valence-electron chi connectivity index (χ3n) is 4.41. The van der Waals surface area contributed by atoms with Crippen molar-refractivity contribution in [2.24, 2.45) is 0 Å². The molecule has 1 atom stereocenters. The zero-order chi connectivity index (χ0) is 20.3. The molecule has 0 bridgehead atoms. The van der Waals surface area contributed by atoms with Crippen LogP contribution in [0.4, 0.5) is 20.3 Å². The molecular formula is C18H18F2N4O4. The van der Waals surface area contributed by atoms with Crippen molar-refractivity contribution >= 4 is 17.4 Å².